The van der Waals surface area contributed by atoms with Crippen molar-refractivity contribution in [3.63, 3.8) is 0 Å². The van der Waals surface area contributed by atoms with Crippen LogP contribution in [0, 0.1) is 5.41 Å². The van der Waals surface area contributed by atoms with Gasteiger partial charge in [0.1, 0.15) is 0 Å². The maximum Gasteiger partial charge on any atom is 0.251 e. The number of nitrogens with one attached hydrogen (secondary N) is 3. The Hall–Kier alpha value is -1.84. The number of rotatable bonds is 9. The summed E-state index contributed by atoms with van der Waals surface area (Å²) in [5.41, 5.74) is 0.304. The number of hydrogen-bond donors (Lipinski definition) is 3. The predicted octanol–water partition coefficient (Wildman–Crippen LogP) is 2.63. The average molecular weight is 529 g/mol. The molecule has 8 heteroatoms. The maximum absolute atomic E-state index is 12.7. The normalized spacial score (nSPS) is 15.1. The molecule has 0 aliphatic heterocycles. The Balaban J connectivity index is 0.00000450. The summed E-state index contributed by atoms with van der Waals surface area (Å²) in [6.07, 6.45) is 4.75. The number of aliphatic imine (C=N–C) groups is 1. The number of halogens is 1. The van der Waals surface area contributed by atoms with Crippen LogP contribution in [0.4, 0.5) is 0 Å². The van der Waals surface area contributed by atoms with Gasteiger partial charge in [0.15, 0.2) is 5.96 Å². The monoisotopic (exact) mass is 529 g/mol. The number of hydrogen-bond acceptors (Lipinski definition) is 3. The SMILES string of the molecule is CCNC(=NCC1(C(=O)N(C)C)CCCC1)NCCCNC(=O)c1ccccc1.I. The predicted molar refractivity (Wildman–Crippen MR) is 132 cm³/mol. The summed E-state index contributed by atoms with van der Waals surface area (Å²) in [6, 6.07) is 9.21. The third kappa shape index (κ3) is 7.77. The van der Waals surface area contributed by atoms with Crippen molar-refractivity contribution in [2.75, 3.05) is 40.3 Å². The minimum Gasteiger partial charge on any atom is -0.357 e. The third-order valence-electron chi connectivity index (χ3n) is 5.27. The largest absolute Gasteiger partial charge is 0.357 e. The molecule has 0 bridgehead atoms. The minimum absolute atomic E-state index is 0. The van der Waals surface area contributed by atoms with Crippen LogP contribution in [0.25, 0.3) is 0 Å². The van der Waals surface area contributed by atoms with E-state index < -0.39 is 0 Å². The van der Waals surface area contributed by atoms with E-state index >= 15 is 0 Å². The van der Waals surface area contributed by atoms with Crippen LogP contribution in [-0.2, 0) is 4.79 Å². The first-order chi connectivity index (χ1) is 14.0. The highest BCUT2D eigenvalue weighted by Gasteiger charge is 2.42. The van der Waals surface area contributed by atoms with E-state index in [1.807, 2.05) is 39.2 Å². The lowest BCUT2D eigenvalue weighted by atomic mass is 9.85. The van der Waals surface area contributed by atoms with Gasteiger partial charge in [-0.05, 0) is 38.3 Å². The first-order valence-corrected chi connectivity index (χ1v) is 10.6. The molecular formula is C22H36IN5O2. The van der Waals surface area contributed by atoms with E-state index in [0.717, 1.165) is 44.6 Å². The van der Waals surface area contributed by atoms with Crippen molar-refractivity contribution in [2.45, 2.75) is 39.0 Å². The van der Waals surface area contributed by atoms with Crippen LogP contribution in [0.15, 0.2) is 35.3 Å². The van der Waals surface area contributed by atoms with Gasteiger partial charge in [0.05, 0.1) is 12.0 Å². The molecule has 1 aliphatic carbocycles. The molecule has 1 fully saturated rings. The van der Waals surface area contributed by atoms with Gasteiger partial charge in [-0.1, -0.05) is 31.0 Å². The zero-order chi connectivity index (χ0) is 21.1. The summed E-state index contributed by atoms with van der Waals surface area (Å²) in [7, 11) is 3.64. The lowest BCUT2D eigenvalue weighted by molar-refractivity contribution is -0.138. The van der Waals surface area contributed by atoms with Crippen molar-refractivity contribution in [2.24, 2.45) is 10.4 Å². The second-order valence-electron chi connectivity index (χ2n) is 7.78. The smallest absolute Gasteiger partial charge is 0.251 e. The van der Waals surface area contributed by atoms with Gasteiger partial charge in [-0.15, -0.1) is 24.0 Å². The van der Waals surface area contributed by atoms with Gasteiger partial charge >= 0.3 is 0 Å². The van der Waals surface area contributed by atoms with E-state index in [-0.39, 0.29) is 41.2 Å². The summed E-state index contributed by atoms with van der Waals surface area (Å²) in [4.78, 5) is 31.1. The summed E-state index contributed by atoms with van der Waals surface area (Å²) >= 11 is 0. The fourth-order valence-electron chi connectivity index (χ4n) is 3.73. The standard InChI is InChI=1S/C22H35N5O2.HI/c1-4-23-21(26-17-22(13-8-9-14-22)20(29)27(2)3)25-16-10-15-24-19(28)18-11-6-5-7-12-18;/h5-7,11-12H,4,8-10,13-17H2,1-3H3,(H,24,28)(H2,23,25,26);1H. The van der Waals surface area contributed by atoms with Crippen molar-refractivity contribution in [1.29, 1.82) is 0 Å². The van der Waals surface area contributed by atoms with Crippen molar-refractivity contribution < 1.29 is 9.59 Å². The Labute approximate surface area is 197 Å². The highest BCUT2D eigenvalue weighted by atomic mass is 127. The summed E-state index contributed by atoms with van der Waals surface area (Å²) in [6.45, 7) is 4.56. The first-order valence-electron chi connectivity index (χ1n) is 10.6. The Morgan fingerprint density at radius 2 is 1.67 bits per heavy atom. The molecule has 2 amide bonds. The van der Waals surface area contributed by atoms with E-state index in [1.54, 1.807) is 17.0 Å². The molecule has 1 saturated carbocycles. The molecule has 2 rings (SSSR count). The van der Waals surface area contributed by atoms with Crippen molar-refractivity contribution in [3.8, 4) is 0 Å². The van der Waals surface area contributed by atoms with Crippen LogP contribution < -0.4 is 16.0 Å². The molecular weight excluding hydrogens is 493 g/mol. The van der Waals surface area contributed by atoms with Gasteiger partial charge in [0.25, 0.3) is 5.91 Å². The van der Waals surface area contributed by atoms with Crippen molar-refractivity contribution in [3.05, 3.63) is 35.9 Å². The Bertz CT molecular complexity index is 688. The van der Waals surface area contributed by atoms with Crippen molar-refractivity contribution in [1.82, 2.24) is 20.9 Å². The van der Waals surface area contributed by atoms with Gasteiger partial charge in [-0.25, -0.2) is 0 Å². The van der Waals surface area contributed by atoms with Gasteiger partial charge in [-0.3, -0.25) is 14.6 Å². The Morgan fingerprint density at radius 1 is 1.03 bits per heavy atom. The van der Waals surface area contributed by atoms with E-state index in [2.05, 4.69) is 16.0 Å². The molecule has 1 aromatic rings. The van der Waals surface area contributed by atoms with Crippen molar-refractivity contribution >= 4 is 41.8 Å². The molecule has 0 heterocycles. The fourth-order valence-corrected chi connectivity index (χ4v) is 3.73. The highest BCUT2D eigenvalue weighted by molar-refractivity contribution is 14.0. The van der Waals surface area contributed by atoms with Crippen LogP contribution in [0.5, 0.6) is 0 Å². The zero-order valence-corrected chi connectivity index (χ0v) is 20.7. The van der Waals surface area contributed by atoms with Gasteiger partial charge in [0, 0.05) is 39.3 Å². The summed E-state index contributed by atoms with van der Waals surface area (Å²) in [5.74, 6) is 0.842. The molecule has 0 radical (unpaired) electrons. The number of benzene rings is 1. The number of carbonyl (C=O) groups is 2. The van der Waals surface area contributed by atoms with Crippen LogP contribution in [0.2, 0.25) is 0 Å². The first kappa shape index (κ1) is 26.2. The van der Waals surface area contributed by atoms with Gasteiger partial charge < -0.3 is 20.9 Å². The molecule has 3 N–H and O–H groups in total. The van der Waals surface area contributed by atoms with Crippen LogP contribution >= 0.6 is 24.0 Å². The molecule has 1 aromatic carbocycles. The van der Waals surface area contributed by atoms with Gasteiger partial charge in [0.2, 0.25) is 5.91 Å². The van der Waals surface area contributed by atoms with E-state index in [1.165, 1.54) is 0 Å². The molecule has 0 unspecified atom stereocenters. The molecule has 1 aliphatic rings. The van der Waals surface area contributed by atoms with Crippen LogP contribution in [0.1, 0.15) is 49.4 Å². The fraction of sp³-hybridized carbons (Fsp3) is 0.591. The molecule has 0 saturated heterocycles. The molecule has 0 spiro atoms. The summed E-state index contributed by atoms with van der Waals surface area (Å²) < 4.78 is 0. The molecule has 0 atom stereocenters. The number of nitrogens with zero attached hydrogens (tertiary/aromatic N) is 2. The number of carbonyl (C=O) groups excluding carboxylic acids is 2. The van der Waals surface area contributed by atoms with E-state index in [9.17, 15) is 9.59 Å². The highest BCUT2D eigenvalue weighted by Crippen LogP contribution is 2.39. The average Bonchev–Trinajstić information content (AvgIpc) is 3.21. The Morgan fingerprint density at radius 3 is 2.27 bits per heavy atom. The second-order valence-corrected chi connectivity index (χ2v) is 7.78. The Kier molecular flexibility index (Phi) is 11.8. The summed E-state index contributed by atoms with van der Waals surface area (Å²) in [5, 5.41) is 9.48. The number of amides is 2. The van der Waals surface area contributed by atoms with Crippen LogP contribution in [0.3, 0.4) is 0 Å². The van der Waals surface area contributed by atoms with E-state index in [4.69, 9.17) is 4.99 Å². The number of guanidine groups is 1. The third-order valence-corrected chi connectivity index (χ3v) is 5.27. The molecule has 168 valence electrons. The molecule has 7 nitrogen and oxygen atoms in total. The van der Waals surface area contributed by atoms with Crippen LogP contribution in [-0.4, -0.2) is 62.9 Å². The lowest BCUT2D eigenvalue weighted by Crippen LogP contribution is -2.43. The molecule has 30 heavy (non-hydrogen) atoms. The maximum atomic E-state index is 12.7. The molecule has 0 aromatic heterocycles. The topological polar surface area (TPSA) is 85.8 Å². The minimum atomic E-state index is -0.366. The van der Waals surface area contributed by atoms with Gasteiger partial charge in [-0.2, -0.15) is 0 Å². The second kappa shape index (κ2) is 13.5. The van der Waals surface area contributed by atoms with E-state index in [0.29, 0.717) is 25.2 Å². The lowest BCUT2D eigenvalue weighted by Gasteiger charge is -2.29. The zero-order valence-electron chi connectivity index (χ0n) is 18.4. The quantitative estimate of drug-likeness (QED) is 0.199.